The molecule has 2 heterocycles. The number of thiazole rings is 1. The van der Waals surface area contributed by atoms with Crippen LogP contribution in [0, 0.1) is 11.3 Å². The highest BCUT2D eigenvalue weighted by Crippen LogP contribution is 2.52. The maximum atomic E-state index is 5.88. The van der Waals surface area contributed by atoms with E-state index in [9.17, 15) is 0 Å². The minimum absolute atomic E-state index is 0.169. The zero-order valence-electron chi connectivity index (χ0n) is 15.3. The summed E-state index contributed by atoms with van der Waals surface area (Å²) in [7, 11) is 0. The molecule has 2 fully saturated rings. The van der Waals surface area contributed by atoms with E-state index in [4.69, 9.17) is 9.73 Å². The van der Waals surface area contributed by atoms with Crippen molar-refractivity contribution in [1.82, 2.24) is 15.6 Å². The Morgan fingerprint density at radius 3 is 3.00 bits per heavy atom. The van der Waals surface area contributed by atoms with Gasteiger partial charge in [-0.15, -0.1) is 11.3 Å². The molecule has 2 aliphatic rings. The van der Waals surface area contributed by atoms with E-state index in [1.54, 1.807) is 11.3 Å². The second kappa shape index (κ2) is 7.40. The summed E-state index contributed by atoms with van der Waals surface area (Å²) in [6.45, 7) is 11.4. The van der Waals surface area contributed by atoms with Crippen molar-refractivity contribution in [1.29, 1.82) is 0 Å². The summed E-state index contributed by atoms with van der Waals surface area (Å²) < 4.78 is 5.88. The molecular formula is C18H30N4OS. The molecule has 0 bridgehead atoms. The van der Waals surface area contributed by atoms with Gasteiger partial charge >= 0.3 is 0 Å². The number of aryl methyl sites for hydroxylation is 1. The number of guanidine groups is 1. The van der Waals surface area contributed by atoms with E-state index in [0.29, 0.717) is 18.1 Å². The van der Waals surface area contributed by atoms with Gasteiger partial charge in [-0.3, -0.25) is 4.99 Å². The third-order valence-electron chi connectivity index (χ3n) is 5.28. The molecule has 1 saturated carbocycles. The summed E-state index contributed by atoms with van der Waals surface area (Å²) >= 11 is 1.80. The third-order valence-corrected chi connectivity index (χ3v) is 6.48. The van der Waals surface area contributed by atoms with E-state index in [1.807, 2.05) is 6.20 Å². The van der Waals surface area contributed by atoms with Crippen LogP contribution >= 0.6 is 11.3 Å². The lowest BCUT2D eigenvalue weighted by Gasteiger charge is -2.54. The summed E-state index contributed by atoms with van der Waals surface area (Å²) in [5, 5.41) is 8.22. The van der Waals surface area contributed by atoms with Gasteiger partial charge in [0.15, 0.2) is 5.96 Å². The first kappa shape index (κ1) is 17.7. The molecule has 1 aliphatic carbocycles. The number of aliphatic imine (C=N–C) groups is 1. The Balaban J connectivity index is 1.57. The average molecular weight is 351 g/mol. The topological polar surface area (TPSA) is 58.5 Å². The second-order valence-electron chi connectivity index (χ2n) is 7.27. The molecule has 134 valence electrons. The van der Waals surface area contributed by atoms with E-state index in [1.165, 1.54) is 9.88 Å². The lowest BCUT2D eigenvalue weighted by atomic mass is 9.57. The summed E-state index contributed by atoms with van der Waals surface area (Å²) in [5.74, 6) is 1.54. The van der Waals surface area contributed by atoms with Gasteiger partial charge in [-0.05, 0) is 19.8 Å². The smallest absolute Gasteiger partial charge is 0.191 e. The molecule has 3 atom stereocenters. The van der Waals surface area contributed by atoms with Crippen molar-refractivity contribution in [3.63, 3.8) is 0 Å². The minimum atomic E-state index is 0.169. The van der Waals surface area contributed by atoms with Gasteiger partial charge in [-0.2, -0.15) is 0 Å². The number of aromatic nitrogens is 1. The van der Waals surface area contributed by atoms with E-state index in [0.717, 1.165) is 44.9 Å². The molecular weight excluding hydrogens is 320 g/mol. The molecule has 24 heavy (non-hydrogen) atoms. The van der Waals surface area contributed by atoms with Gasteiger partial charge in [0.25, 0.3) is 0 Å². The van der Waals surface area contributed by atoms with E-state index in [-0.39, 0.29) is 5.41 Å². The normalized spacial score (nSPS) is 28.3. The first-order valence-electron chi connectivity index (χ1n) is 9.16. The van der Waals surface area contributed by atoms with Gasteiger partial charge in [0.2, 0.25) is 0 Å². The second-order valence-corrected chi connectivity index (χ2v) is 8.47. The zero-order chi connectivity index (χ0) is 17.2. The highest BCUT2D eigenvalue weighted by atomic mass is 32.1. The van der Waals surface area contributed by atoms with Gasteiger partial charge in [0.05, 0.1) is 11.1 Å². The average Bonchev–Trinajstić information content (AvgIpc) is 3.20. The van der Waals surface area contributed by atoms with Crippen LogP contribution in [0.15, 0.2) is 11.2 Å². The van der Waals surface area contributed by atoms with Crippen molar-refractivity contribution < 1.29 is 4.74 Å². The third kappa shape index (κ3) is 3.45. The van der Waals surface area contributed by atoms with Crippen molar-refractivity contribution in [2.75, 3.05) is 19.7 Å². The predicted molar refractivity (Wildman–Crippen MR) is 99.7 cm³/mol. The van der Waals surface area contributed by atoms with Gasteiger partial charge in [-0.1, -0.05) is 20.8 Å². The Kier molecular flexibility index (Phi) is 5.45. The maximum Gasteiger partial charge on any atom is 0.191 e. The lowest BCUT2D eigenvalue weighted by molar-refractivity contribution is -0.106. The van der Waals surface area contributed by atoms with Gasteiger partial charge in [-0.25, -0.2) is 4.98 Å². The molecule has 1 aromatic heterocycles. The molecule has 6 heteroatoms. The Labute approximate surface area is 149 Å². The molecule has 1 aromatic rings. The SMILES string of the molecule is CCNC(=NCCc1ncc(CC)s1)NC1C2CCOC2C1(C)C. The quantitative estimate of drug-likeness (QED) is 0.612. The Morgan fingerprint density at radius 1 is 1.46 bits per heavy atom. The number of nitrogens with one attached hydrogen (secondary N) is 2. The van der Waals surface area contributed by atoms with Gasteiger partial charge < -0.3 is 15.4 Å². The fraction of sp³-hybridized carbons (Fsp3) is 0.778. The molecule has 3 unspecified atom stereocenters. The van der Waals surface area contributed by atoms with E-state index >= 15 is 0 Å². The summed E-state index contributed by atoms with van der Waals surface area (Å²) in [6, 6.07) is 0.439. The molecule has 3 rings (SSSR count). The fourth-order valence-electron chi connectivity index (χ4n) is 3.97. The molecule has 0 amide bonds. The van der Waals surface area contributed by atoms with Crippen molar-refractivity contribution in [2.24, 2.45) is 16.3 Å². The van der Waals surface area contributed by atoms with E-state index in [2.05, 4.69) is 43.3 Å². The van der Waals surface area contributed by atoms with Gasteiger partial charge in [0, 0.05) is 54.6 Å². The summed E-state index contributed by atoms with van der Waals surface area (Å²) in [4.78, 5) is 10.6. The van der Waals surface area contributed by atoms with Crippen LogP contribution in [-0.4, -0.2) is 42.8 Å². The monoisotopic (exact) mass is 350 g/mol. The van der Waals surface area contributed by atoms with Crippen LogP contribution in [0.2, 0.25) is 0 Å². The molecule has 1 saturated heterocycles. The fourth-order valence-corrected chi connectivity index (χ4v) is 4.83. The van der Waals surface area contributed by atoms with Crippen molar-refractivity contribution in [3.8, 4) is 0 Å². The number of rotatable bonds is 6. The van der Waals surface area contributed by atoms with Crippen LogP contribution in [0.3, 0.4) is 0 Å². The number of ether oxygens (including phenoxy) is 1. The molecule has 0 aromatic carbocycles. The molecule has 2 N–H and O–H groups in total. The zero-order valence-corrected chi connectivity index (χ0v) is 16.1. The first-order chi connectivity index (χ1) is 11.6. The highest BCUT2D eigenvalue weighted by Gasteiger charge is 2.59. The summed E-state index contributed by atoms with van der Waals surface area (Å²) in [5.41, 5.74) is 0.169. The first-order valence-corrected chi connectivity index (χ1v) is 9.98. The van der Waals surface area contributed by atoms with Crippen LogP contribution in [-0.2, 0) is 17.6 Å². The van der Waals surface area contributed by atoms with Crippen LogP contribution < -0.4 is 10.6 Å². The van der Waals surface area contributed by atoms with Crippen molar-refractivity contribution in [3.05, 3.63) is 16.1 Å². The van der Waals surface area contributed by atoms with Crippen LogP contribution in [0.5, 0.6) is 0 Å². The lowest BCUT2D eigenvalue weighted by Crippen LogP contribution is -2.68. The van der Waals surface area contributed by atoms with Crippen LogP contribution in [0.25, 0.3) is 0 Å². The maximum absolute atomic E-state index is 5.88. The molecule has 0 radical (unpaired) electrons. The minimum Gasteiger partial charge on any atom is -0.377 e. The molecule has 1 aliphatic heterocycles. The standard InChI is InChI=1S/C18H30N4OS/c1-5-12-11-21-14(24-12)7-9-20-17(19-6-2)22-15-13-8-10-23-16(13)18(15,3)4/h11,13,15-16H,5-10H2,1-4H3,(H2,19,20,22). The highest BCUT2D eigenvalue weighted by molar-refractivity contribution is 7.11. The Hall–Kier alpha value is -1.14. The number of fused-ring (bicyclic) bond motifs is 1. The van der Waals surface area contributed by atoms with Crippen LogP contribution in [0.1, 0.15) is 44.0 Å². The predicted octanol–water partition coefficient (Wildman–Crippen LogP) is 2.62. The number of hydrogen-bond acceptors (Lipinski definition) is 4. The number of hydrogen-bond donors (Lipinski definition) is 2. The van der Waals surface area contributed by atoms with Crippen LogP contribution in [0.4, 0.5) is 0 Å². The molecule has 0 spiro atoms. The Bertz CT molecular complexity index is 583. The van der Waals surface area contributed by atoms with Crippen molar-refractivity contribution in [2.45, 2.75) is 59.1 Å². The van der Waals surface area contributed by atoms with E-state index < -0.39 is 0 Å². The Morgan fingerprint density at radius 2 is 2.29 bits per heavy atom. The van der Waals surface area contributed by atoms with Crippen molar-refractivity contribution >= 4 is 17.3 Å². The summed E-state index contributed by atoms with van der Waals surface area (Å²) in [6.07, 6.45) is 5.52. The van der Waals surface area contributed by atoms with Gasteiger partial charge in [0.1, 0.15) is 0 Å². The number of nitrogens with zero attached hydrogens (tertiary/aromatic N) is 2. The largest absolute Gasteiger partial charge is 0.377 e. The molecule has 5 nitrogen and oxygen atoms in total.